The molecule has 0 fully saturated rings. The molecule has 7 heteroatoms. The SMILES string of the molecule is CCn1c(Cl)c(C=NNC(=O)Nc2ccc(OC)cc2)c2ccccc21. The Kier molecular flexibility index (Phi) is 5.43. The number of carbonyl (C=O) groups excluding carboxylic acids is 1. The van der Waals surface area contributed by atoms with Gasteiger partial charge in [0.1, 0.15) is 10.9 Å². The number of para-hydroxylation sites is 1. The first-order valence-electron chi connectivity index (χ1n) is 8.15. The smallest absolute Gasteiger partial charge is 0.339 e. The third-order valence-electron chi connectivity index (χ3n) is 3.97. The van der Waals surface area contributed by atoms with Crippen LogP contribution in [0, 0.1) is 0 Å². The molecule has 2 aromatic carbocycles. The number of nitrogens with zero attached hydrogens (tertiary/aromatic N) is 2. The van der Waals surface area contributed by atoms with Crippen molar-refractivity contribution < 1.29 is 9.53 Å². The number of methoxy groups -OCH3 is 1. The molecular formula is C19H19ClN4O2. The van der Waals surface area contributed by atoms with Gasteiger partial charge in [0.15, 0.2) is 0 Å². The number of hydrogen-bond acceptors (Lipinski definition) is 3. The van der Waals surface area contributed by atoms with Gasteiger partial charge in [0.2, 0.25) is 0 Å². The summed E-state index contributed by atoms with van der Waals surface area (Å²) in [6.45, 7) is 2.78. The van der Waals surface area contributed by atoms with E-state index in [1.54, 1.807) is 37.6 Å². The van der Waals surface area contributed by atoms with Crippen LogP contribution in [0.1, 0.15) is 12.5 Å². The van der Waals surface area contributed by atoms with Gasteiger partial charge in [-0.05, 0) is 37.3 Å². The number of rotatable bonds is 5. The number of aromatic nitrogens is 1. The van der Waals surface area contributed by atoms with Gasteiger partial charge in [0.05, 0.1) is 13.3 Å². The molecule has 1 aromatic heterocycles. The molecule has 0 saturated carbocycles. The summed E-state index contributed by atoms with van der Waals surface area (Å²) < 4.78 is 7.07. The van der Waals surface area contributed by atoms with Crippen LogP contribution in [0.5, 0.6) is 5.75 Å². The fraction of sp³-hybridized carbons (Fsp3) is 0.158. The van der Waals surface area contributed by atoms with E-state index in [4.69, 9.17) is 16.3 Å². The molecule has 3 aromatic rings. The fourth-order valence-corrected chi connectivity index (χ4v) is 3.08. The van der Waals surface area contributed by atoms with Gasteiger partial charge in [-0.15, -0.1) is 0 Å². The van der Waals surface area contributed by atoms with E-state index in [1.807, 2.05) is 35.8 Å². The molecule has 0 bridgehead atoms. The van der Waals surface area contributed by atoms with Crippen LogP contribution in [0.15, 0.2) is 53.6 Å². The van der Waals surface area contributed by atoms with E-state index in [-0.39, 0.29) is 0 Å². The lowest BCUT2D eigenvalue weighted by Gasteiger charge is -2.05. The molecule has 2 amide bonds. The fourth-order valence-electron chi connectivity index (χ4n) is 2.72. The second-order valence-corrected chi connectivity index (χ2v) is 5.88. The number of urea groups is 1. The summed E-state index contributed by atoms with van der Waals surface area (Å²) in [5.74, 6) is 0.718. The maximum absolute atomic E-state index is 12.0. The molecule has 1 heterocycles. The summed E-state index contributed by atoms with van der Waals surface area (Å²) >= 11 is 6.46. The molecule has 0 aliphatic carbocycles. The Hall–Kier alpha value is -2.99. The first kappa shape index (κ1) is 17.8. The number of halogens is 1. The molecular weight excluding hydrogens is 352 g/mol. The van der Waals surface area contributed by atoms with Gasteiger partial charge < -0.3 is 14.6 Å². The molecule has 134 valence electrons. The van der Waals surface area contributed by atoms with Gasteiger partial charge >= 0.3 is 6.03 Å². The van der Waals surface area contributed by atoms with Crippen LogP contribution < -0.4 is 15.5 Å². The second-order valence-electron chi connectivity index (χ2n) is 5.52. The highest BCUT2D eigenvalue weighted by Crippen LogP contribution is 2.28. The molecule has 0 spiro atoms. The van der Waals surface area contributed by atoms with Crippen molar-refractivity contribution in [2.45, 2.75) is 13.5 Å². The van der Waals surface area contributed by atoms with Gasteiger partial charge in [0, 0.05) is 28.7 Å². The molecule has 26 heavy (non-hydrogen) atoms. The highest BCUT2D eigenvalue weighted by molar-refractivity contribution is 6.34. The van der Waals surface area contributed by atoms with Gasteiger partial charge in [-0.3, -0.25) is 0 Å². The summed E-state index contributed by atoms with van der Waals surface area (Å²) in [5.41, 5.74) is 4.89. The minimum absolute atomic E-state index is 0.443. The Morgan fingerprint density at radius 3 is 2.65 bits per heavy atom. The van der Waals surface area contributed by atoms with Crippen LogP contribution in [0.3, 0.4) is 0 Å². The quantitative estimate of drug-likeness (QED) is 0.513. The Balaban J connectivity index is 1.71. The number of benzene rings is 2. The normalized spacial score (nSPS) is 11.0. The first-order valence-corrected chi connectivity index (χ1v) is 8.52. The van der Waals surface area contributed by atoms with Crippen molar-refractivity contribution in [1.82, 2.24) is 9.99 Å². The minimum atomic E-state index is -0.443. The minimum Gasteiger partial charge on any atom is -0.497 e. The van der Waals surface area contributed by atoms with Crippen LogP contribution >= 0.6 is 11.6 Å². The maximum atomic E-state index is 12.0. The molecule has 0 saturated heterocycles. The number of fused-ring (bicyclic) bond motifs is 1. The topological polar surface area (TPSA) is 67.7 Å². The number of hydrogen-bond donors (Lipinski definition) is 2. The Morgan fingerprint density at radius 2 is 1.96 bits per heavy atom. The predicted molar refractivity (Wildman–Crippen MR) is 105 cm³/mol. The van der Waals surface area contributed by atoms with E-state index >= 15 is 0 Å². The number of amides is 2. The number of nitrogens with one attached hydrogen (secondary N) is 2. The zero-order valence-corrected chi connectivity index (χ0v) is 15.2. The number of hydrazone groups is 1. The van der Waals surface area contributed by atoms with Gasteiger partial charge in [-0.25, -0.2) is 10.2 Å². The monoisotopic (exact) mass is 370 g/mol. The van der Waals surface area contributed by atoms with E-state index in [0.717, 1.165) is 28.8 Å². The average molecular weight is 371 g/mol. The lowest BCUT2D eigenvalue weighted by atomic mass is 10.2. The van der Waals surface area contributed by atoms with Crippen molar-refractivity contribution in [3.63, 3.8) is 0 Å². The van der Waals surface area contributed by atoms with E-state index in [9.17, 15) is 4.79 Å². The summed E-state index contributed by atoms with van der Waals surface area (Å²) in [6, 6.07) is 14.5. The Morgan fingerprint density at radius 1 is 1.23 bits per heavy atom. The summed E-state index contributed by atoms with van der Waals surface area (Å²) in [5, 5.41) is 8.29. The summed E-state index contributed by atoms with van der Waals surface area (Å²) in [7, 11) is 1.59. The molecule has 2 N–H and O–H groups in total. The number of ether oxygens (including phenoxy) is 1. The van der Waals surface area contributed by atoms with E-state index in [2.05, 4.69) is 15.8 Å². The van der Waals surface area contributed by atoms with Crippen LogP contribution in [-0.4, -0.2) is 23.9 Å². The second kappa shape index (κ2) is 7.93. The average Bonchev–Trinajstić information content (AvgIpc) is 2.93. The number of carbonyl (C=O) groups is 1. The largest absolute Gasteiger partial charge is 0.497 e. The number of aryl methyl sites for hydroxylation is 1. The van der Waals surface area contributed by atoms with E-state index in [1.165, 1.54) is 0 Å². The zero-order valence-electron chi connectivity index (χ0n) is 14.5. The van der Waals surface area contributed by atoms with Crippen LogP contribution in [0.4, 0.5) is 10.5 Å². The molecule has 0 aliphatic heterocycles. The van der Waals surface area contributed by atoms with Crippen molar-refractivity contribution in [3.05, 3.63) is 59.2 Å². The molecule has 0 unspecified atom stereocenters. The van der Waals surface area contributed by atoms with Crippen molar-refractivity contribution in [2.24, 2.45) is 5.10 Å². The summed E-state index contributed by atoms with van der Waals surface area (Å²) in [4.78, 5) is 12.0. The van der Waals surface area contributed by atoms with Crippen molar-refractivity contribution in [2.75, 3.05) is 12.4 Å². The maximum Gasteiger partial charge on any atom is 0.339 e. The Labute approximate surface area is 156 Å². The van der Waals surface area contributed by atoms with Crippen molar-refractivity contribution >= 4 is 40.4 Å². The van der Waals surface area contributed by atoms with Crippen LogP contribution in [0.2, 0.25) is 5.15 Å². The van der Waals surface area contributed by atoms with Crippen molar-refractivity contribution in [1.29, 1.82) is 0 Å². The van der Waals surface area contributed by atoms with Gasteiger partial charge in [0.25, 0.3) is 0 Å². The first-order chi connectivity index (χ1) is 12.6. The lowest BCUT2D eigenvalue weighted by molar-refractivity contribution is 0.252. The third-order valence-corrected chi connectivity index (χ3v) is 4.38. The molecule has 0 aliphatic rings. The molecule has 6 nitrogen and oxygen atoms in total. The van der Waals surface area contributed by atoms with Crippen molar-refractivity contribution in [3.8, 4) is 5.75 Å². The van der Waals surface area contributed by atoms with E-state index in [0.29, 0.717) is 10.8 Å². The zero-order chi connectivity index (χ0) is 18.5. The standard InChI is InChI=1S/C19H19ClN4O2/c1-3-24-17-7-5-4-6-15(17)16(18(24)20)12-21-23-19(25)22-13-8-10-14(26-2)11-9-13/h4-12H,3H2,1-2H3,(H2,22,23,25). The highest BCUT2D eigenvalue weighted by Gasteiger charge is 2.12. The van der Waals surface area contributed by atoms with Crippen LogP contribution in [-0.2, 0) is 6.54 Å². The summed E-state index contributed by atoms with van der Waals surface area (Å²) in [6.07, 6.45) is 1.56. The Bertz CT molecular complexity index is 948. The predicted octanol–water partition coefficient (Wildman–Crippen LogP) is 4.48. The molecule has 3 rings (SSSR count). The third kappa shape index (κ3) is 3.65. The molecule has 0 radical (unpaired) electrons. The highest BCUT2D eigenvalue weighted by atomic mass is 35.5. The molecule has 0 atom stereocenters. The number of anilines is 1. The lowest BCUT2D eigenvalue weighted by Crippen LogP contribution is -2.24. The van der Waals surface area contributed by atoms with Gasteiger partial charge in [-0.2, -0.15) is 5.10 Å². The van der Waals surface area contributed by atoms with Crippen LogP contribution in [0.25, 0.3) is 10.9 Å². The van der Waals surface area contributed by atoms with E-state index < -0.39 is 6.03 Å². The van der Waals surface area contributed by atoms with Gasteiger partial charge in [-0.1, -0.05) is 29.8 Å².